The maximum Gasteiger partial charge on any atom is 0.232 e. The van der Waals surface area contributed by atoms with E-state index in [-0.39, 0.29) is 13.1 Å². The molecule has 1 amide bonds. The molecule has 0 radical (unpaired) electrons. The molecule has 0 aliphatic heterocycles. The second kappa shape index (κ2) is 5.61. The number of carbonyl (C=O) groups is 1. The van der Waals surface area contributed by atoms with Crippen LogP contribution in [0.25, 0.3) is 0 Å². The van der Waals surface area contributed by atoms with Gasteiger partial charge in [-0.1, -0.05) is 28.1 Å². The van der Waals surface area contributed by atoms with Gasteiger partial charge in [0.1, 0.15) is 0 Å². The Morgan fingerprint density at radius 2 is 1.88 bits per heavy atom. The molecule has 1 aromatic rings. The van der Waals surface area contributed by atoms with Crippen LogP contribution in [0.15, 0.2) is 28.7 Å². The van der Waals surface area contributed by atoms with Crippen LogP contribution in [0.2, 0.25) is 0 Å². The third-order valence-corrected chi connectivity index (χ3v) is 3.80. The van der Waals surface area contributed by atoms with Crippen molar-refractivity contribution < 1.29 is 13.2 Å². The number of hydrogen-bond donors (Lipinski definition) is 1. The minimum atomic E-state index is -3.45. The molecule has 0 aromatic heterocycles. The summed E-state index contributed by atoms with van der Waals surface area (Å²) in [6.45, 7) is -0.177. The normalized spacial score (nSPS) is 11.7. The van der Waals surface area contributed by atoms with Crippen molar-refractivity contribution in [3.63, 3.8) is 0 Å². The Morgan fingerprint density at radius 1 is 1.35 bits per heavy atom. The van der Waals surface area contributed by atoms with Gasteiger partial charge in [0.25, 0.3) is 0 Å². The van der Waals surface area contributed by atoms with Gasteiger partial charge in [-0.15, -0.1) is 0 Å². The van der Waals surface area contributed by atoms with Crippen LogP contribution in [0.1, 0.15) is 5.56 Å². The lowest BCUT2D eigenvalue weighted by Crippen LogP contribution is -2.37. The van der Waals surface area contributed by atoms with Gasteiger partial charge < -0.3 is 5.73 Å². The standard InChI is InChI=1S/C10H13BrN2O3S/c1-17(15,16)13(7-10(12)14)6-8-2-4-9(11)5-3-8/h2-5H,6-7H2,1H3,(H2,12,14). The third kappa shape index (κ3) is 4.84. The molecule has 1 rings (SSSR count). The van der Waals surface area contributed by atoms with Crippen LogP contribution < -0.4 is 5.73 Å². The van der Waals surface area contributed by atoms with Gasteiger partial charge >= 0.3 is 0 Å². The van der Waals surface area contributed by atoms with Crippen molar-refractivity contribution in [3.05, 3.63) is 34.3 Å². The number of sulfonamides is 1. The number of benzene rings is 1. The molecule has 0 aliphatic carbocycles. The van der Waals surface area contributed by atoms with Crippen molar-refractivity contribution in [3.8, 4) is 0 Å². The first-order valence-electron chi connectivity index (χ1n) is 4.77. The average molecular weight is 321 g/mol. The Bertz CT molecular complexity index is 499. The van der Waals surface area contributed by atoms with E-state index in [1.807, 2.05) is 0 Å². The second-order valence-electron chi connectivity index (χ2n) is 3.62. The van der Waals surface area contributed by atoms with E-state index < -0.39 is 15.9 Å². The molecule has 0 aliphatic rings. The molecule has 17 heavy (non-hydrogen) atoms. The minimum Gasteiger partial charge on any atom is -0.369 e. The summed E-state index contributed by atoms with van der Waals surface area (Å²) < 4.78 is 24.8. The summed E-state index contributed by atoms with van der Waals surface area (Å²) >= 11 is 3.29. The van der Waals surface area contributed by atoms with E-state index in [9.17, 15) is 13.2 Å². The average Bonchev–Trinajstić information content (AvgIpc) is 2.18. The second-order valence-corrected chi connectivity index (χ2v) is 6.52. The van der Waals surface area contributed by atoms with Gasteiger partial charge in [-0.05, 0) is 17.7 Å². The molecule has 0 saturated heterocycles. The van der Waals surface area contributed by atoms with Crippen LogP contribution in [0.4, 0.5) is 0 Å². The van der Waals surface area contributed by atoms with E-state index in [4.69, 9.17) is 5.73 Å². The Labute approximate surface area is 109 Å². The number of nitrogens with zero attached hydrogens (tertiary/aromatic N) is 1. The fourth-order valence-corrected chi connectivity index (χ4v) is 2.27. The van der Waals surface area contributed by atoms with Crippen LogP contribution in [0.3, 0.4) is 0 Å². The maximum absolute atomic E-state index is 11.4. The summed E-state index contributed by atoms with van der Waals surface area (Å²) in [4.78, 5) is 10.8. The van der Waals surface area contributed by atoms with Gasteiger partial charge in [0, 0.05) is 11.0 Å². The molecule has 0 heterocycles. The lowest BCUT2D eigenvalue weighted by Gasteiger charge is -2.18. The summed E-state index contributed by atoms with van der Waals surface area (Å²) in [6.07, 6.45) is 1.05. The van der Waals surface area contributed by atoms with Gasteiger partial charge in [0.15, 0.2) is 0 Å². The number of hydrogen-bond acceptors (Lipinski definition) is 3. The van der Waals surface area contributed by atoms with E-state index in [0.29, 0.717) is 0 Å². The Kier molecular flexibility index (Phi) is 4.67. The molecule has 0 atom stereocenters. The number of nitrogens with two attached hydrogens (primary N) is 1. The number of amides is 1. The smallest absolute Gasteiger partial charge is 0.232 e. The molecular formula is C10H13BrN2O3S. The lowest BCUT2D eigenvalue weighted by atomic mass is 10.2. The highest BCUT2D eigenvalue weighted by molar-refractivity contribution is 9.10. The zero-order valence-electron chi connectivity index (χ0n) is 9.26. The number of carbonyl (C=O) groups excluding carboxylic acids is 1. The van der Waals surface area contributed by atoms with E-state index >= 15 is 0 Å². The van der Waals surface area contributed by atoms with Gasteiger partial charge in [-0.3, -0.25) is 4.79 Å². The van der Waals surface area contributed by atoms with Gasteiger partial charge in [0.05, 0.1) is 12.8 Å². The molecule has 94 valence electrons. The molecule has 0 unspecified atom stereocenters. The molecular weight excluding hydrogens is 308 g/mol. The molecule has 0 spiro atoms. The minimum absolute atomic E-state index is 0.134. The van der Waals surface area contributed by atoms with Crippen LogP contribution in [0, 0.1) is 0 Å². The van der Waals surface area contributed by atoms with Crippen molar-refractivity contribution in [2.24, 2.45) is 5.73 Å². The molecule has 2 N–H and O–H groups in total. The van der Waals surface area contributed by atoms with E-state index in [1.165, 1.54) is 0 Å². The zero-order valence-corrected chi connectivity index (χ0v) is 11.7. The predicted octanol–water partition coefficient (Wildman–Crippen LogP) is 0.696. The summed E-state index contributed by atoms with van der Waals surface area (Å²) in [5.41, 5.74) is 5.81. The Morgan fingerprint density at radius 3 is 2.29 bits per heavy atom. The number of rotatable bonds is 5. The Hall–Kier alpha value is -0.920. The molecule has 0 fully saturated rings. The first-order chi connectivity index (χ1) is 7.79. The summed E-state index contributed by atoms with van der Waals surface area (Å²) in [6, 6.07) is 7.17. The topological polar surface area (TPSA) is 80.5 Å². The highest BCUT2D eigenvalue weighted by Gasteiger charge is 2.18. The lowest BCUT2D eigenvalue weighted by molar-refractivity contribution is -0.118. The van der Waals surface area contributed by atoms with E-state index in [1.54, 1.807) is 24.3 Å². The SMILES string of the molecule is CS(=O)(=O)N(CC(N)=O)Cc1ccc(Br)cc1. The third-order valence-electron chi connectivity index (χ3n) is 2.07. The zero-order chi connectivity index (χ0) is 13.1. The van der Waals surface area contributed by atoms with Crippen molar-refractivity contribution in [1.29, 1.82) is 0 Å². The van der Waals surface area contributed by atoms with Crippen LogP contribution >= 0.6 is 15.9 Å². The van der Waals surface area contributed by atoms with E-state index in [0.717, 1.165) is 20.6 Å². The van der Waals surface area contributed by atoms with Crippen molar-refractivity contribution in [2.75, 3.05) is 12.8 Å². The van der Waals surface area contributed by atoms with Crippen LogP contribution in [0.5, 0.6) is 0 Å². The summed E-state index contributed by atoms with van der Waals surface area (Å²) in [7, 11) is -3.45. The van der Waals surface area contributed by atoms with Crippen molar-refractivity contribution in [1.82, 2.24) is 4.31 Å². The molecule has 1 aromatic carbocycles. The molecule has 0 bridgehead atoms. The molecule has 5 nitrogen and oxygen atoms in total. The monoisotopic (exact) mass is 320 g/mol. The number of primary amides is 1. The number of halogens is 1. The van der Waals surface area contributed by atoms with Crippen molar-refractivity contribution >= 4 is 31.9 Å². The molecule has 0 saturated carbocycles. The van der Waals surface area contributed by atoms with Gasteiger partial charge in [-0.25, -0.2) is 8.42 Å². The summed E-state index contributed by atoms with van der Waals surface area (Å²) in [5, 5.41) is 0. The summed E-state index contributed by atoms with van der Waals surface area (Å²) in [5.74, 6) is -0.674. The quantitative estimate of drug-likeness (QED) is 0.867. The highest BCUT2D eigenvalue weighted by Crippen LogP contribution is 2.13. The van der Waals surface area contributed by atoms with Crippen LogP contribution in [-0.2, 0) is 21.4 Å². The fourth-order valence-electron chi connectivity index (χ4n) is 1.26. The largest absolute Gasteiger partial charge is 0.369 e. The Balaban J connectivity index is 2.87. The first-order valence-corrected chi connectivity index (χ1v) is 7.41. The maximum atomic E-state index is 11.4. The highest BCUT2D eigenvalue weighted by atomic mass is 79.9. The van der Waals surface area contributed by atoms with E-state index in [2.05, 4.69) is 15.9 Å². The first kappa shape index (κ1) is 14.1. The van der Waals surface area contributed by atoms with Crippen LogP contribution in [-0.4, -0.2) is 31.4 Å². The van der Waals surface area contributed by atoms with Gasteiger partial charge in [-0.2, -0.15) is 4.31 Å². The van der Waals surface area contributed by atoms with Gasteiger partial charge in [0.2, 0.25) is 15.9 Å². The molecule has 7 heteroatoms. The van der Waals surface area contributed by atoms with Crippen molar-refractivity contribution in [2.45, 2.75) is 6.54 Å². The predicted molar refractivity (Wildman–Crippen MR) is 68.6 cm³/mol. The fraction of sp³-hybridized carbons (Fsp3) is 0.300.